The van der Waals surface area contributed by atoms with Gasteiger partial charge in [0.15, 0.2) is 0 Å². The van der Waals surface area contributed by atoms with Crippen LogP contribution >= 0.6 is 11.3 Å². The van der Waals surface area contributed by atoms with Crippen molar-refractivity contribution < 1.29 is 0 Å². The van der Waals surface area contributed by atoms with E-state index in [1.54, 1.807) is 17.5 Å². The Bertz CT molecular complexity index is 617. The van der Waals surface area contributed by atoms with Gasteiger partial charge in [-0.05, 0) is 11.6 Å². The summed E-state index contributed by atoms with van der Waals surface area (Å²) >= 11 is 1.70. The van der Waals surface area contributed by atoms with Crippen LogP contribution in [-0.4, -0.2) is 9.97 Å². The van der Waals surface area contributed by atoms with Crippen LogP contribution in [0.5, 0.6) is 0 Å². The molecule has 2 nitrogen and oxygen atoms in total. The summed E-state index contributed by atoms with van der Waals surface area (Å²) in [5.41, 5.74) is 3.43. The number of hydrogen-bond donors (Lipinski definition) is 0. The highest BCUT2D eigenvalue weighted by Crippen LogP contribution is 2.22. The second kappa shape index (κ2) is 5.10. The van der Waals surface area contributed by atoms with Crippen molar-refractivity contribution in [3.05, 3.63) is 70.8 Å². The molecule has 1 aromatic carbocycles. The minimum Gasteiger partial charge on any atom is -0.264 e. The van der Waals surface area contributed by atoms with E-state index in [4.69, 9.17) is 0 Å². The van der Waals surface area contributed by atoms with Crippen LogP contribution in [0, 0.1) is 0 Å². The molecule has 0 aliphatic heterocycles. The predicted octanol–water partition coefficient (Wildman–Crippen LogP) is 3.80. The zero-order valence-corrected chi connectivity index (χ0v) is 10.6. The highest BCUT2D eigenvalue weighted by molar-refractivity contribution is 7.10. The summed E-state index contributed by atoms with van der Waals surface area (Å²) in [4.78, 5) is 8.79. The van der Waals surface area contributed by atoms with Crippen molar-refractivity contribution in [1.29, 1.82) is 0 Å². The fourth-order valence-electron chi connectivity index (χ4n) is 1.81. The normalized spacial score (nSPS) is 10.4. The molecule has 0 bridgehead atoms. The summed E-state index contributed by atoms with van der Waals surface area (Å²) in [5, 5.41) is 3.24. The molecule has 88 valence electrons. The number of pyridine rings is 1. The minimum absolute atomic E-state index is 0.853. The smallest absolute Gasteiger partial charge is 0.0977 e. The maximum Gasteiger partial charge on any atom is 0.0977 e. The summed E-state index contributed by atoms with van der Waals surface area (Å²) in [5.74, 6) is 0. The van der Waals surface area contributed by atoms with Gasteiger partial charge >= 0.3 is 0 Å². The summed E-state index contributed by atoms with van der Waals surface area (Å²) < 4.78 is 0. The first-order valence-electron chi connectivity index (χ1n) is 5.80. The molecule has 3 aromatic rings. The van der Waals surface area contributed by atoms with E-state index < -0.39 is 0 Å². The van der Waals surface area contributed by atoms with Crippen LogP contribution in [0.4, 0.5) is 0 Å². The molecule has 3 heteroatoms. The van der Waals surface area contributed by atoms with Crippen LogP contribution in [0.3, 0.4) is 0 Å². The van der Waals surface area contributed by atoms with E-state index in [-0.39, 0.29) is 0 Å². The van der Waals surface area contributed by atoms with Crippen LogP contribution in [-0.2, 0) is 6.42 Å². The first-order chi connectivity index (χ1) is 8.92. The third kappa shape index (κ3) is 2.46. The van der Waals surface area contributed by atoms with Gasteiger partial charge in [-0.15, -0.1) is 11.3 Å². The fraction of sp³-hybridized carbons (Fsp3) is 0.0667. The third-order valence-electron chi connectivity index (χ3n) is 2.70. The SMILES string of the molecule is c1ccc(-c2csc(Cc3cccnc3)n2)cc1. The van der Waals surface area contributed by atoms with Crippen molar-refractivity contribution in [1.82, 2.24) is 9.97 Å². The van der Waals surface area contributed by atoms with Crippen molar-refractivity contribution in [2.75, 3.05) is 0 Å². The van der Waals surface area contributed by atoms with Crippen molar-refractivity contribution in [3.8, 4) is 11.3 Å². The Balaban J connectivity index is 1.82. The van der Waals surface area contributed by atoms with E-state index in [1.807, 2.05) is 30.5 Å². The monoisotopic (exact) mass is 252 g/mol. The first-order valence-corrected chi connectivity index (χ1v) is 6.68. The Morgan fingerprint density at radius 3 is 2.67 bits per heavy atom. The van der Waals surface area contributed by atoms with Crippen LogP contribution in [0.25, 0.3) is 11.3 Å². The highest BCUT2D eigenvalue weighted by Gasteiger charge is 2.04. The first kappa shape index (κ1) is 11.1. The molecular weight excluding hydrogens is 240 g/mol. The molecule has 0 atom stereocenters. The molecule has 0 N–H and O–H groups in total. The standard InChI is InChI=1S/C15H12N2S/c1-2-6-13(7-3-1)14-11-18-15(17-14)9-12-5-4-8-16-10-12/h1-8,10-11H,9H2. The minimum atomic E-state index is 0.853. The molecule has 0 unspecified atom stereocenters. The lowest BCUT2D eigenvalue weighted by molar-refractivity contribution is 1.11. The second-order valence-corrected chi connectivity index (χ2v) is 4.97. The summed E-state index contributed by atoms with van der Waals surface area (Å²) in [6, 6.07) is 14.3. The number of thiazole rings is 1. The quantitative estimate of drug-likeness (QED) is 0.708. The van der Waals surface area contributed by atoms with Crippen molar-refractivity contribution in [2.45, 2.75) is 6.42 Å². The van der Waals surface area contributed by atoms with Gasteiger partial charge in [-0.2, -0.15) is 0 Å². The zero-order chi connectivity index (χ0) is 12.2. The number of nitrogens with zero attached hydrogens (tertiary/aromatic N) is 2. The van der Waals surface area contributed by atoms with E-state index in [1.165, 1.54) is 11.1 Å². The van der Waals surface area contributed by atoms with E-state index >= 15 is 0 Å². The van der Waals surface area contributed by atoms with Gasteiger partial charge in [0, 0.05) is 29.8 Å². The topological polar surface area (TPSA) is 25.8 Å². The average Bonchev–Trinajstić information content (AvgIpc) is 2.89. The predicted molar refractivity (Wildman–Crippen MR) is 74.6 cm³/mol. The lowest BCUT2D eigenvalue weighted by atomic mass is 10.2. The second-order valence-electron chi connectivity index (χ2n) is 4.03. The molecule has 18 heavy (non-hydrogen) atoms. The Morgan fingerprint density at radius 1 is 1.00 bits per heavy atom. The van der Waals surface area contributed by atoms with Crippen LogP contribution < -0.4 is 0 Å². The van der Waals surface area contributed by atoms with E-state index in [2.05, 4.69) is 33.5 Å². The van der Waals surface area contributed by atoms with Gasteiger partial charge in [0.25, 0.3) is 0 Å². The van der Waals surface area contributed by atoms with Crippen molar-refractivity contribution in [3.63, 3.8) is 0 Å². The fourth-order valence-corrected chi connectivity index (χ4v) is 2.65. The largest absolute Gasteiger partial charge is 0.264 e. The third-order valence-corrected chi connectivity index (χ3v) is 3.55. The van der Waals surface area contributed by atoms with Gasteiger partial charge in [0.1, 0.15) is 0 Å². The summed E-state index contributed by atoms with van der Waals surface area (Å²) in [6.45, 7) is 0. The molecule has 0 spiro atoms. The number of hydrogen-bond acceptors (Lipinski definition) is 3. The molecule has 0 aliphatic carbocycles. The van der Waals surface area contributed by atoms with E-state index in [0.717, 1.165) is 17.1 Å². The van der Waals surface area contributed by atoms with Crippen molar-refractivity contribution in [2.24, 2.45) is 0 Å². The molecular formula is C15H12N2S. The molecule has 0 fully saturated rings. The molecule has 0 amide bonds. The summed E-state index contributed by atoms with van der Waals surface area (Å²) in [7, 11) is 0. The Labute approximate surface area is 110 Å². The van der Waals surface area contributed by atoms with E-state index in [9.17, 15) is 0 Å². The van der Waals surface area contributed by atoms with Gasteiger partial charge in [-0.1, -0.05) is 36.4 Å². The molecule has 0 radical (unpaired) electrons. The molecule has 2 aromatic heterocycles. The lowest BCUT2D eigenvalue weighted by Gasteiger charge is -1.96. The maximum atomic E-state index is 4.67. The Hall–Kier alpha value is -2.00. The number of benzene rings is 1. The van der Waals surface area contributed by atoms with E-state index in [0.29, 0.717) is 0 Å². The maximum absolute atomic E-state index is 4.67. The molecule has 3 rings (SSSR count). The molecule has 2 heterocycles. The van der Waals surface area contributed by atoms with Crippen LogP contribution in [0.15, 0.2) is 60.2 Å². The molecule has 0 aliphatic rings. The van der Waals surface area contributed by atoms with Crippen LogP contribution in [0.2, 0.25) is 0 Å². The molecule has 0 saturated carbocycles. The van der Waals surface area contributed by atoms with Gasteiger partial charge < -0.3 is 0 Å². The zero-order valence-electron chi connectivity index (χ0n) is 9.78. The Kier molecular flexibility index (Phi) is 3.15. The van der Waals surface area contributed by atoms with Gasteiger partial charge in [0.05, 0.1) is 10.7 Å². The average molecular weight is 252 g/mol. The van der Waals surface area contributed by atoms with Crippen molar-refractivity contribution >= 4 is 11.3 Å². The van der Waals surface area contributed by atoms with Gasteiger partial charge in [-0.3, -0.25) is 4.98 Å². The van der Waals surface area contributed by atoms with Gasteiger partial charge in [-0.25, -0.2) is 4.98 Å². The molecule has 0 saturated heterocycles. The highest BCUT2D eigenvalue weighted by atomic mass is 32.1. The summed E-state index contributed by atoms with van der Waals surface area (Å²) in [6.07, 6.45) is 4.54. The lowest BCUT2D eigenvalue weighted by Crippen LogP contribution is -1.88. The number of aromatic nitrogens is 2. The van der Waals surface area contributed by atoms with Crippen LogP contribution in [0.1, 0.15) is 10.6 Å². The van der Waals surface area contributed by atoms with Gasteiger partial charge in [0.2, 0.25) is 0 Å². The number of rotatable bonds is 3. The Morgan fingerprint density at radius 2 is 1.89 bits per heavy atom.